The molecule has 2 heterocycles. The number of rotatable bonds is 2. The number of pyridine rings is 1. The Bertz CT molecular complexity index is 1120. The lowest BCUT2D eigenvalue weighted by Crippen LogP contribution is -2.09. The molecule has 0 N–H and O–H groups in total. The lowest BCUT2D eigenvalue weighted by atomic mass is 9.92. The van der Waals surface area contributed by atoms with Crippen LogP contribution < -0.4 is 4.74 Å². The van der Waals surface area contributed by atoms with Gasteiger partial charge in [-0.15, -0.1) is 0 Å². The van der Waals surface area contributed by atoms with E-state index in [-0.39, 0.29) is 0 Å². The van der Waals surface area contributed by atoms with Gasteiger partial charge in [-0.2, -0.15) is 0 Å². The monoisotopic (exact) mass is 369 g/mol. The highest BCUT2D eigenvalue weighted by Gasteiger charge is 2.23. The zero-order valence-corrected chi connectivity index (χ0v) is 15.3. The van der Waals surface area contributed by atoms with Crippen molar-refractivity contribution in [2.24, 2.45) is 0 Å². The van der Waals surface area contributed by atoms with Gasteiger partial charge in [-0.25, -0.2) is 4.98 Å². The van der Waals surface area contributed by atoms with Gasteiger partial charge in [0.2, 0.25) is 0 Å². The van der Waals surface area contributed by atoms with Gasteiger partial charge in [-0.1, -0.05) is 72.3 Å². The number of fused-ring (bicyclic) bond motifs is 3. The molecule has 0 bridgehead atoms. The van der Waals surface area contributed by atoms with Crippen molar-refractivity contribution in [3.05, 3.63) is 95.5 Å². The third-order valence-electron chi connectivity index (χ3n) is 4.85. The molecule has 5 rings (SSSR count). The molecule has 27 heavy (non-hydrogen) atoms. The minimum atomic E-state index is 0.496. The van der Waals surface area contributed by atoms with E-state index in [1.807, 2.05) is 42.5 Å². The minimum Gasteiger partial charge on any atom is -0.488 e. The van der Waals surface area contributed by atoms with E-state index >= 15 is 0 Å². The van der Waals surface area contributed by atoms with E-state index in [1.165, 1.54) is 0 Å². The molecule has 0 fully saturated rings. The van der Waals surface area contributed by atoms with Crippen LogP contribution >= 0.6 is 11.6 Å². The maximum absolute atomic E-state index is 6.27. The van der Waals surface area contributed by atoms with Gasteiger partial charge in [-0.3, -0.25) is 0 Å². The summed E-state index contributed by atoms with van der Waals surface area (Å²) in [6.07, 6.45) is 0. The Kier molecular flexibility index (Phi) is 3.92. The molecule has 4 aromatic rings. The van der Waals surface area contributed by atoms with Gasteiger partial charge < -0.3 is 4.74 Å². The molecule has 0 saturated heterocycles. The van der Waals surface area contributed by atoms with Gasteiger partial charge in [0.15, 0.2) is 0 Å². The summed E-state index contributed by atoms with van der Waals surface area (Å²) >= 11 is 6.27. The first kappa shape index (κ1) is 16.1. The normalized spacial score (nSPS) is 12.0. The smallest absolute Gasteiger partial charge is 0.129 e. The van der Waals surface area contributed by atoms with Crippen molar-refractivity contribution in [3.8, 4) is 39.4 Å². The number of aromatic nitrogens is 1. The topological polar surface area (TPSA) is 22.1 Å². The third kappa shape index (κ3) is 2.88. The van der Waals surface area contributed by atoms with Crippen LogP contribution in [0.2, 0.25) is 5.02 Å². The first-order chi connectivity index (χ1) is 13.3. The molecule has 1 aliphatic heterocycles. The predicted molar refractivity (Wildman–Crippen MR) is 110 cm³/mol. The summed E-state index contributed by atoms with van der Waals surface area (Å²) in [7, 11) is 0. The fourth-order valence-electron chi connectivity index (χ4n) is 3.54. The van der Waals surface area contributed by atoms with Crippen molar-refractivity contribution in [3.63, 3.8) is 0 Å². The van der Waals surface area contributed by atoms with Crippen LogP contribution in [0.1, 0.15) is 5.56 Å². The molecule has 0 atom stereocenters. The highest BCUT2D eigenvalue weighted by molar-refractivity contribution is 6.31. The quantitative estimate of drug-likeness (QED) is 0.395. The minimum absolute atomic E-state index is 0.496. The average Bonchev–Trinajstić information content (AvgIpc) is 2.74. The van der Waals surface area contributed by atoms with Gasteiger partial charge in [0, 0.05) is 21.7 Å². The van der Waals surface area contributed by atoms with Crippen LogP contribution in [0.5, 0.6) is 5.75 Å². The summed E-state index contributed by atoms with van der Waals surface area (Å²) in [6.45, 7) is 0.496. The van der Waals surface area contributed by atoms with E-state index in [9.17, 15) is 0 Å². The highest BCUT2D eigenvalue weighted by atomic mass is 35.5. The molecule has 130 valence electrons. The van der Waals surface area contributed by atoms with Crippen LogP contribution in [-0.2, 0) is 6.61 Å². The Labute approximate surface area is 163 Å². The zero-order chi connectivity index (χ0) is 18.2. The van der Waals surface area contributed by atoms with Gasteiger partial charge in [0.25, 0.3) is 0 Å². The van der Waals surface area contributed by atoms with Crippen molar-refractivity contribution in [2.75, 3.05) is 0 Å². The fraction of sp³-hybridized carbons (Fsp3) is 0.0417. The number of benzene rings is 3. The lowest BCUT2D eigenvalue weighted by molar-refractivity contribution is 0.302. The summed E-state index contributed by atoms with van der Waals surface area (Å²) < 4.78 is 6.01. The van der Waals surface area contributed by atoms with Gasteiger partial charge >= 0.3 is 0 Å². The second kappa shape index (κ2) is 6.57. The van der Waals surface area contributed by atoms with Crippen LogP contribution in [-0.4, -0.2) is 4.98 Å². The maximum Gasteiger partial charge on any atom is 0.129 e. The van der Waals surface area contributed by atoms with Crippen LogP contribution in [0, 0.1) is 0 Å². The van der Waals surface area contributed by atoms with Crippen molar-refractivity contribution in [2.45, 2.75) is 6.61 Å². The van der Waals surface area contributed by atoms with Crippen LogP contribution in [0.4, 0.5) is 0 Å². The van der Waals surface area contributed by atoms with Crippen molar-refractivity contribution in [1.82, 2.24) is 4.98 Å². The Morgan fingerprint density at radius 1 is 0.741 bits per heavy atom. The molecule has 3 aromatic carbocycles. The summed E-state index contributed by atoms with van der Waals surface area (Å²) in [5, 5.41) is 0.679. The second-order valence-electron chi connectivity index (χ2n) is 6.54. The molecule has 0 amide bonds. The molecule has 0 spiro atoms. The third-order valence-corrected chi connectivity index (χ3v) is 5.08. The number of hydrogen-bond donors (Lipinski definition) is 0. The SMILES string of the molecule is Clc1ccc2c(c1)-c1nc(-c3ccccc3)cc(-c3ccccc3)c1CO2. The lowest BCUT2D eigenvalue weighted by Gasteiger charge is -2.24. The summed E-state index contributed by atoms with van der Waals surface area (Å²) in [6, 6.07) is 28.5. The van der Waals surface area contributed by atoms with Crippen molar-refractivity contribution >= 4 is 11.6 Å². The number of nitrogens with zero attached hydrogens (tertiary/aromatic N) is 1. The molecular formula is C24H16ClNO. The van der Waals surface area contributed by atoms with Crippen LogP contribution in [0.15, 0.2) is 84.9 Å². The van der Waals surface area contributed by atoms with E-state index in [4.69, 9.17) is 21.3 Å². The predicted octanol–water partition coefficient (Wildman–Crippen LogP) is 6.63. The number of halogens is 1. The first-order valence-corrected chi connectivity index (χ1v) is 9.25. The van der Waals surface area contributed by atoms with E-state index < -0.39 is 0 Å². The Balaban J connectivity index is 1.81. The Morgan fingerprint density at radius 2 is 1.44 bits per heavy atom. The first-order valence-electron chi connectivity index (χ1n) is 8.87. The van der Waals surface area contributed by atoms with Crippen LogP contribution in [0.25, 0.3) is 33.6 Å². The van der Waals surface area contributed by atoms with Crippen molar-refractivity contribution < 1.29 is 4.74 Å². The molecule has 0 radical (unpaired) electrons. The zero-order valence-electron chi connectivity index (χ0n) is 14.5. The molecule has 1 aliphatic rings. The molecule has 1 aromatic heterocycles. The number of hydrogen-bond acceptors (Lipinski definition) is 2. The molecule has 0 aliphatic carbocycles. The van der Waals surface area contributed by atoms with Gasteiger partial charge in [-0.05, 0) is 35.4 Å². The standard InChI is InChI=1S/C24H16ClNO/c25-18-11-12-23-20(13-18)24-21(15-27-23)19(16-7-3-1-4-8-16)14-22(26-24)17-9-5-2-6-10-17/h1-14H,15H2. The van der Waals surface area contributed by atoms with E-state index in [0.29, 0.717) is 11.6 Å². The van der Waals surface area contributed by atoms with E-state index in [0.717, 1.165) is 45.0 Å². The molecule has 0 unspecified atom stereocenters. The summed E-state index contributed by atoms with van der Waals surface area (Å²) in [5.41, 5.74) is 7.31. The van der Waals surface area contributed by atoms with E-state index in [1.54, 1.807) is 0 Å². The summed E-state index contributed by atoms with van der Waals surface area (Å²) in [5.74, 6) is 0.823. The van der Waals surface area contributed by atoms with Crippen molar-refractivity contribution in [1.29, 1.82) is 0 Å². The van der Waals surface area contributed by atoms with E-state index in [2.05, 4.69) is 42.5 Å². The fourth-order valence-corrected chi connectivity index (χ4v) is 3.71. The Morgan fingerprint density at radius 3 is 2.19 bits per heavy atom. The maximum atomic E-state index is 6.27. The number of ether oxygens (including phenoxy) is 1. The van der Waals surface area contributed by atoms with Gasteiger partial charge in [0.05, 0.1) is 11.4 Å². The largest absolute Gasteiger partial charge is 0.488 e. The van der Waals surface area contributed by atoms with Crippen LogP contribution in [0.3, 0.4) is 0 Å². The second-order valence-corrected chi connectivity index (χ2v) is 6.98. The van der Waals surface area contributed by atoms with Gasteiger partial charge in [0.1, 0.15) is 12.4 Å². The molecule has 0 saturated carbocycles. The molecule has 2 nitrogen and oxygen atoms in total. The average molecular weight is 370 g/mol. The summed E-state index contributed by atoms with van der Waals surface area (Å²) in [4.78, 5) is 5.01. The Hall–Kier alpha value is -3.10. The highest BCUT2D eigenvalue weighted by Crippen LogP contribution is 2.42. The molecule has 3 heteroatoms. The molecular weight excluding hydrogens is 354 g/mol.